The van der Waals surface area contributed by atoms with Gasteiger partial charge in [-0.1, -0.05) is 12.2 Å². The van der Waals surface area contributed by atoms with Crippen LogP contribution in [-0.2, 0) is 19.0 Å². The molecule has 1 unspecified atom stereocenters. The maximum absolute atomic E-state index is 11.5. The predicted molar refractivity (Wildman–Crippen MR) is 52.0 cm³/mol. The molecule has 5 heteroatoms. The molecule has 0 aromatic carbocycles. The lowest BCUT2D eigenvalue weighted by Crippen LogP contribution is -2.41. The molecular weight excluding hydrogens is 212 g/mol. The summed E-state index contributed by atoms with van der Waals surface area (Å²) in [6, 6.07) is 0. The Kier molecular flexibility index (Phi) is 1.90. The molecule has 0 aromatic heterocycles. The number of aliphatic hydroxyl groups is 1. The normalized spacial score (nSPS) is 43.6. The first-order chi connectivity index (χ1) is 7.65. The van der Waals surface area contributed by atoms with E-state index >= 15 is 0 Å². The van der Waals surface area contributed by atoms with Gasteiger partial charge in [0.05, 0.1) is 31.5 Å². The number of esters is 1. The Morgan fingerprint density at radius 1 is 1.69 bits per heavy atom. The number of rotatable bonds is 1. The quantitative estimate of drug-likeness (QED) is 0.500. The van der Waals surface area contributed by atoms with Gasteiger partial charge in [0, 0.05) is 5.92 Å². The lowest BCUT2D eigenvalue weighted by atomic mass is 9.81. The minimum atomic E-state index is -1.01. The van der Waals surface area contributed by atoms with E-state index in [4.69, 9.17) is 9.47 Å². The van der Waals surface area contributed by atoms with Crippen molar-refractivity contribution in [1.82, 2.24) is 0 Å². The van der Waals surface area contributed by atoms with Crippen molar-refractivity contribution in [2.45, 2.75) is 11.9 Å². The molecule has 16 heavy (non-hydrogen) atoms. The van der Waals surface area contributed by atoms with Crippen LogP contribution in [0, 0.1) is 11.8 Å². The van der Waals surface area contributed by atoms with Gasteiger partial charge in [-0.25, -0.2) is 4.79 Å². The lowest BCUT2D eigenvalue weighted by Gasteiger charge is -2.31. The Labute approximate surface area is 92.3 Å². The van der Waals surface area contributed by atoms with Crippen molar-refractivity contribution in [1.29, 1.82) is 0 Å². The SMILES string of the molecule is COC(=O)C1=COC2OC[C@]3(O)C=C[C@H]1[C@H]23. The molecule has 1 fully saturated rings. The Hall–Kier alpha value is -1.33. The summed E-state index contributed by atoms with van der Waals surface area (Å²) in [6.07, 6.45) is 4.41. The van der Waals surface area contributed by atoms with E-state index in [2.05, 4.69) is 4.74 Å². The Balaban J connectivity index is 1.98. The minimum Gasteiger partial charge on any atom is -0.471 e. The van der Waals surface area contributed by atoms with E-state index < -0.39 is 17.9 Å². The molecule has 0 aromatic rings. The minimum absolute atomic E-state index is 0.182. The van der Waals surface area contributed by atoms with E-state index in [0.29, 0.717) is 5.57 Å². The summed E-state index contributed by atoms with van der Waals surface area (Å²) in [5, 5.41) is 10.2. The van der Waals surface area contributed by atoms with E-state index in [0.717, 1.165) is 0 Å². The predicted octanol–water partition coefficient (Wildman–Crippen LogP) is -0.0369. The molecule has 1 aliphatic carbocycles. The van der Waals surface area contributed by atoms with Crippen LogP contribution in [0.1, 0.15) is 0 Å². The van der Waals surface area contributed by atoms with Gasteiger partial charge in [0.25, 0.3) is 0 Å². The molecule has 1 N–H and O–H groups in total. The van der Waals surface area contributed by atoms with Gasteiger partial charge in [-0.2, -0.15) is 0 Å². The van der Waals surface area contributed by atoms with Crippen LogP contribution in [0.2, 0.25) is 0 Å². The molecule has 2 heterocycles. The van der Waals surface area contributed by atoms with E-state index in [1.165, 1.54) is 13.4 Å². The first kappa shape index (κ1) is 9.86. The molecular formula is C11H12O5. The van der Waals surface area contributed by atoms with Crippen molar-refractivity contribution in [3.05, 3.63) is 24.0 Å². The van der Waals surface area contributed by atoms with Crippen LogP contribution in [0.4, 0.5) is 0 Å². The van der Waals surface area contributed by atoms with Gasteiger partial charge < -0.3 is 19.3 Å². The molecule has 4 atom stereocenters. The van der Waals surface area contributed by atoms with E-state index in [-0.39, 0.29) is 18.4 Å². The molecule has 0 spiro atoms. The molecule has 0 radical (unpaired) electrons. The van der Waals surface area contributed by atoms with Crippen molar-refractivity contribution < 1.29 is 24.1 Å². The average molecular weight is 224 g/mol. The first-order valence-corrected chi connectivity index (χ1v) is 5.13. The highest BCUT2D eigenvalue weighted by Crippen LogP contribution is 2.48. The summed E-state index contributed by atoms with van der Waals surface area (Å²) in [4.78, 5) is 11.5. The van der Waals surface area contributed by atoms with Crippen molar-refractivity contribution in [2.75, 3.05) is 13.7 Å². The number of hydrogen-bond acceptors (Lipinski definition) is 5. The third kappa shape index (κ3) is 1.10. The average Bonchev–Trinajstić information content (AvgIpc) is 2.81. The van der Waals surface area contributed by atoms with E-state index in [1.807, 2.05) is 6.08 Å². The highest BCUT2D eigenvalue weighted by molar-refractivity contribution is 5.89. The second-order valence-electron chi connectivity index (χ2n) is 4.28. The van der Waals surface area contributed by atoms with Crippen LogP contribution in [0.25, 0.3) is 0 Å². The Morgan fingerprint density at radius 3 is 3.25 bits per heavy atom. The van der Waals surface area contributed by atoms with Crippen molar-refractivity contribution in [3.63, 3.8) is 0 Å². The maximum atomic E-state index is 11.5. The summed E-state index contributed by atoms with van der Waals surface area (Å²) in [5.41, 5.74) is -0.579. The molecule has 1 saturated heterocycles. The van der Waals surface area contributed by atoms with Crippen LogP contribution in [0.3, 0.4) is 0 Å². The second kappa shape index (κ2) is 3.09. The van der Waals surface area contributed by atoms with Gasteiger partial charge in [-0.05, 0) is 0 Å². The van der Waals surface area contributed by atoms with Crippen molar-refractivity contribution >= 4 is 5.97 Å². The van der Waals surface area contributed by atoms with E-state index in [1.54, 1.807) is 6.08 Å². The van der Waals surface area contributed by atoms with Gasteiger partial charge in [0.15, 0.2) is 0 Å². The van der Waals surface area contributed by atoms with Crippen LogP contribution in [0.15, 0.2) is 24.0 Å². The molecule has 3 aliphatic rings. The smallest absolute Gasteiger partial charge is 0.337 e. The number of carbonyl (C=O) groups is 1. The fraction of sp³-hybridized carbons (Fsp3) is 0.545. The topological polar surface area (TPSA) is 65.0 Å². The number of methoxy groups -OCH3 is 1. The second-order valence-corrected chi connectivity index (χ2v) is 4.28. The van der Waals surface area contributed by atoms with Crippen LogP contribution >= 0.6 is 0 Å². The van der Waals surface area contributed by atoms with Crippen LogP contribution in [-0.4, -0.2) is 36.7 Å². The largest absolute Gasteiger partial charge is 0.471 e. The number of hydrogen-bond donors (Lipinski definition) is 1. The molecule has 3 rings (SSSR count). The number of carbonyl (C=O) groups excluding carboxylic acids is 1. The lowest BCUT2D eigenvalue weighted by molar-refractivity contribution is -0.141. The standard InChI is InChI=1S/C11H12O5/c1-14-9(12)7-4-15-10-8-6(7)2-3-11(8,13)5-16-10/h2-4,6,8,10,13H,5H2,1H3/t6-,8-,10?,11-/m1/s1. The maximum Gasteiger partial charge on any atom is 0.337 e. The Morgan fingerprint density at radius 2 is 2.50 bits per heavy atom. The van der Waals surface area contributed by atoms with Gasteiger partial charge in [0.2, 0.25) is 6.29 Å². The van der Waals surface area contributed by atoms with Crippen molar-refractivity contribution in [3.8, 4) is 0 Å². The zero-order valence-electron chi connectivity index (χ0n) is 8.75. The monoisotopic (exact) mass is 224 g/mol. The van der Waals surface area contributed by atoms with Gasteiger partial charge >= 0.3 is 5.97 Å². The molecule has 0 saturated carbocycles. The van der Waals surface area contributed by atoms with Gasteiger partial charge in [-0.15, -0.1) is 0 Å². The summed E-state index contributed by atoms with van der Waals surface area (Å²) < 4.78 is 15.3. The molecule has 5 nitrogen and oxygen atoms in total. The van der Waals surface area contributed by atoms with Gasteiger partial charge in [-0.3, -0.25) is 0 Å². The number of allylic oxidation sites excluding steroid dienone is 1. The Bertz CT molecular complexity index is 399. The zero-order chi connectivity index (χ0) is 11.3. The first-order valence-electron chi connectivity index (χ1n) is 5.13. The summed E-state index contributed by atoms with van der Waals surface area (Å²) in [6.45, 7) is 0.206. The highest BCUT2D eigenvalue weighted by atomic mass is 16.7. The summed E-state index contributed by atoms with van der Waals surface area (Å²) >= 11 is 0. The summed E-state index contributed by atoms with van der Waals surface area (Å²) in [7, 11) is 1.32. The fourth-order valence-electron chi connectivity index (χ4n) is 2.62. The molecule has 0 amide bonds. The summed E-state index contributed by atoms with van der Waals surface area (Å²) in [5.74, 6) is -0.852. The highest BCUT2D eigenvalue weighted by Gasteiger charge is 2.58. The fourth-order valence-corrected chi connectivity index (χ4v) is 2.62. The van der Waals surface area contributed by atoms with Crippen LogP contribution < -0.4 is 0 Å². The third-order valence-electron chi connectivity index (χ3n) is 3.44. The zero-order valence-corrected chi connectivity index (χ0v) is 8.75. The number of ether oxygens (including phenoxy) is 3. The molecule has 2 aliphatic heterocycles. The van der Waals surface area contributed by atoms with E-state index in [9.17, 15) is 9.90 Å². The van der Waals surface area contributed by atoms with Crippen LogP contribution in [0.5, 0.6) is 0 Å². The molecule has 0 bridgehead atoms. The molecule has 86 valence electrons. The van der Waals surface area contributed by atoms with Crippen molar-refractivity contribution in [2.24, 2.45) is 11.8 Å². The van der Waals surface area contributed by atoms with Gasteiger partial charge in [0.1, 0.15) is 5.60 Å². The third-order valence-corrected chi connectivity index (χ3v) is 3.44.